The molecule has 1 unspecified atom stereocenters. The van der Waals surface area contributed by atoms with Gasteiger partial charge in [-0.1, -0.05) is 40.0 Å². The molecule has 1 atom stereocenters. The molecule has 0 aromatic carbocycles. The first-order chi connectivity index (χ1) is 9.60. The molecule has 0 aliphatic heterocycles. The van der Waals surface area contributed by atoms with Crippen LogP contribution in [0, 0.1) is 5.92 Å². The number of carbonyl (C=O) groups excluding carboxylic acids is 2. The van der Waals surface area contributed by atoms with Crippen molar-refractivity contribution in [2.75, 3.05) is 13.2 Å². The normalized spacial score (nSPS) is 11.9. The lowest BCUT2D eigenvalue weighted by Crippen LogP contribution is -2.12. The zero-order valence-electron chi connectivity index (χ0n) is 13.3. The van der Waals surface area contributed by atoms with Gasteiger partial charge in [0.25, 0.3) is 0 Å². The highest BCUT2D eigenvalue weighted by molar-refractivity contribution is 5.72. The zero-order chi connectivity index (χ0) is 15.2. The van der Waals surface area contributed by atoms with Crippen LogP contribution in [0.2, 0.25) is 0 Å². The van der Waals surface area contributed by atoms with Crippen LogP contribution in [0.4, 0.5) is 0 Å². The van der Waals surface area contributed by atoms with Crippen molar-refractivity contribution in [1.82, 2.24) is 0 Å². The van der Waals surface area contributed by atoms with Crippen molar-refractivity contribution in [3.63, 3.8) is 0 Å². The summed E-state index contributed by atoms with van der Waals surface area (Å²) >= 11 is 0. The van der Waals surface area contributed by atoms with Crippen LogP contribution in [0.15, 0.2) is 0 Å². The van der Waals surface area contributed by atoms with E-state index in [-0.39, 0.29) is 11.9 Å². The van der Waals surface area contributed by atoms with E-state index in [0.717, 1.165) is 32.1 Å². The number of unbranched alkanes of at least 4 members (excludes halogenated alkanes) is 2. The Hall–Kier alpha value is -1.06. The summed E-state index contributed by atoms with van der Waals surface area (Å²) in [5.41, 5.74) is 0. The average molecular weight is 286 g/mol. The summed E-state index contributed by atoms with van der Waals surface area (Å²) in [6.07, 6.45) is 6.37. The highest BCUT2D eigenvalue weighted by Crippen LogP contribution is 2.07. The van der Waals surface area contributed by atoms with Crippen LogP contribution in [0.25, 0.3) is 0 Å². The number of carbonyl (C=O) groups is 2. The molecule has 0 heterocycles. The lowest BCUT2D eigenvalue weighted by Gasteiger charge is -2.10. The highest BCUT2D eigenvalue weighted by atomic mass is 16.5. The molecule has 0 aromatic heterocycles. The molecule has 0 aliphatic rings. The van der Waals surface area contributed by atoms with Crippen molar-refractivity contribution in [1.29, 1.82) is 0 Å². The van der Waals surface area contributed by atoms with Crippen LogP contribution < -0.4 is 0 Å². The molecule has 0 bridgehead atoms. The fourth-order valence-electron chi connectivity index (χ4n) is 1.87. The van der Waals surface area contributed by atoms with E-state index in [1.165, 1.54) is 0 Å². The van der Waals surface area contributed by atoms with Gasteiger partial charge in [-0.05, 0) is 25.2 Å². The number of rotatable bonds is 12. The Morgan fingerprint density at radius 1 is 0.900 bits per heavy atom. The van der Waals surface area contributed by atoms with Crippen LogP contribution in [-0.2, 0) is 19.1 Å². The number of ether oxygens (including phenoxy) is 2. The first-order valence-corrected chi connectivity index (χ1v) is 7.91. The average Bonchev–Trinajstić information content (AvgIpc) is 2.42. The Labute approximate surface area is 123 Å². The van der Waals surface area contributed by atoms with E-state index in [1.54, 1.807) is 0 Å². The third kappa shape index (κ3) is 12.0. The fourth-order valence-corrected chi connectivity index (χ4v) is 1.87. The molecule has 0 fully saturated rings. The van der Waals surface area contributed by atoms with E-state index < -0.39 is 0 Å². The maximum Gasteiger partial charge on any atom is 0.305 e. The smallest absolute Gasteiger partial charge is 0.305 e. The summed E-state index contributed by atoms with van der Waals surface area (Å²) in [4.78, 5) is 22.8. The van der Waals surface area contributed by atoms with Gasteiger partial charge in [-0.2, -0.15) is 0 Å². The second-order valence-corrected chi connectivity index (χ2v) is 5.36. The van der Waals surface area contributed by atoms with Gasteiger partial charge in [0, 0.05) is 12.8 Å². The molecule has 0 rings (SSSR count). The minimum Gasteiger partial charge on any atom is -0.466 e. The Balaban J connectivity index is 3.48. The molecule has 0 aromatic rings. The van der Waals surface area contributed by atoms with E-state index >= 15 is 0 Å². The monoisotopic (exact) mass is 286 g/mol. The molecule has 0 saturated carbocycles. The molecule has 0 amide bonds. The van der Waals surface area contributed by atoms with Crippen LogP contribution in [0.5, 0.6) is 0 Å². The highest BCUT2D eigenvalue weighted by Gasteiger charge is 2.09. The van der Waals surface area contributed by atoms with Crippen molar-refractivity contribution >= 4 is 11.9 Å². The molecular formula is C16H30O4. The molecule has 20 heavy (non-hydrogen) atoms. The first-order valence-electron chi connectivity index (χ1n) is 7.91. The second-order valence-electron chi connectivity index (χ2n) is 5.36. The lowest BCUT2D eigenvalue weighted by molar-refractivity contribution is -0.146. The van der Waals surface area contributed by atoms with Gasteiger partial charge in [0.1, 0.15) is 0 Å². The summed E-state index contributed by atoms with van der Waals surface area (Å²) in [7, 11) is 0. The van der Waals surface area contributed by atoms with Crippen molar-refractivity contribution in [2.45, 2.75) is 72.1 Å². The Morgan fingerprint density at radius 3 is 2.15 bits per heavy atom. The van der Waals surface area contributed by atoms with Gasteiger partial charge in [-0.3, -0.25) is 9.59 Å². The van der Waals surface area contributed by atoms with Gasteiger partial charge in [-0.25, -0.2) is 0 Å². The molecule has 0 radical (unpaired) electrons. The molecule has 4 nitrogen and oxygen atoms in total. The van der Waals surface area contributed by atoms with Crippen LogP contribution >= 0.6 is 0 Å². The quantitative estimate of drug-likeness (QED) is 0.404. The summed E-state index contributed by atoms with van der Waals surface area (Å²) in [6, 6.07) is 0. The van der Waals surface area contributed by atoms with Crippen molar-refractivity contribution in [3.8, 4) is 0 Å². The van der Waals surface area contributed by atoms with Crippen LogP contribution in [0.3, 0.4) is 0 Å². The number of hydrogen-bond donors (Lipinski definition) is 0. The summed E-state index contributed by atoms with van der Waals surface area (Å²) in [5, 5.41) is 0. The minimum absolute atomic E-state index is 0.215. The maximum atomic E-state index is 11.5. The third-order valence-corrected chi connectivity index (χ3v) is 3.08. The van der Waals surface area contributed by atoms with E-state index in [4.69, 9.17) is 9.47 Å². The largest absolute Gasteiger partial charge is 0.466 e. The SMILES string of the molecule is CCCCCOC(=O)CCCC(=O)OCC(C)CCC. The third-order valence-electron chi connectivity index (χ3n) is 3.08. The Kier molecular flexibility index (Phi) is 12.3. The lowest BCUT2D eigenvalue weighted by atomic mass is 10.1. The van der Waals surface area contributed by atoms with E-state index in [9.17, 15) is 9.59 Å². The molecule has 0 spiro atoms. The topological polar surface area (TPSA) is 52.6 Å². The second kappa shape index (κ2) is 12.9. The zero-order valence-corrected chi connectivity index (χ0v) is 13.3. The molecule has 0 saturated heterocycles. The number of hydrogen-bond acceptors (Lipinski definition) is 4. The van der Waals surface area contributed by atoms with Gasteiger partial charge in [0.05, 0.1) is 13.2 Å². The molecule has 0 N–H and O–H groups in total. The summed E-state index contributed by atoms with van der Waals surface area (Å²) in [6.45, 7) is 7.27. The predicted molar refractivity (Wildman–Crippen MR) is 79.4 cm³/mol. The van der Waals surface area contributed by atoms with Gasteiger partial charge in [-0.15, -0.1) is 0 Å². The van der Waals surface area contributed by atoms with Crippen molar-refractivity contribution < 1.29 is 19.1 Å². The van der Waals surface area contributed by atoms with Gasteiger partial charge >= 0.3 is 11.9 Å². The molecular weight excluding hydrogens is 256 g/mol. The number of esters is 2. The van der Waals surface area contributed by atoms with Gasteiger partial charge in [0.15, 0.2) is 0 Å². The van der Waals surface area contributed by atoms with Gasteiger partial charge < -0.3 is 9.47 Å². The van der Waals surface area contributed by atoms with E-state index in [0.29, 0.717) is 38.4 Å². The fraction of sp³-hybridized carbons (Fsp3) is 0.875. The molecule has 118 valence electrons. The maximum absolute atomic E-state index is 11.5. The van der Waals surface area contributed by atoms with E-state index in [1.807, 2.05) is 0 Å². The Bertz CT molecular complexity index is 263. The molecule has 4 heteroatoms. The standard InChI is InChI=1S/C16H30O4/c1-4-6-7-12-19-15(17)10-8-11-16(18)20-13-14(3)9-5-2/h14H,4-13H2,1-3H3. The van der Waals surface area contributed by atoms with Gasteiger partial charge in [0.2, 0.25) is 0 Å². The predicted octanol–water partition coefficient (Wildman–Crippen LogP) is 3.87. The summed E-state index contributed by atoms with van der Waals surface area (Å²) in [5.74, 6) is -0.0209. The van der Waals surface area contributed by atoms with E-state index in [2.05, 4.69) is 20.8 Å². The van der Waals surface area contributed by atoms with Crippen LogP contribution in [-0.4, -0.2) is 25.2 Å². The first kappa shape index (κ1) is 18.9. The van der Waals surface area contributed by atoms with Crippen molar-refractivity contribution in [2.24, 2.45) is 5.92 Å². The Morgan fingerprint density at radius 2 is 1.55 bits per heavy atom. The summed E-state index contributed by atoms with van der Waals surface area (Å²) < 4.78 is 10.2. The van der Waals surface area contributed by atoms with Crippen LogP contribution in [0.1, 0.15) is 72.1 Å². The van der Waals surface area contributed by atoms with Crippen molar-refractivity contribution in [3.05, 3.63) is 0 Å². The molecule has 0 aliphatic carbocycles. The minimum atomic E-state index is -0.216.